The van der Waals surface area contributed by atoms with E-state index in [1.807, 2.05) is 42.5 Å². The van der Waals surface area contributed by atoms with Crippen molar-refractivity contribution in [1.82, 2.24) is 25.5 Å². The van der Waals surface area contributed by atoms with Crippen LogP contribution in [0.25, 0.3) is 5.69 Å². The second kappa shape index (κ2) is 11.4. The summed E-state index contributed by atoms with van der Waals surface area (Å²) in [6, 6.07) is 18.0. The van der Waals surface area contributed by atoms with E-state index in [9.17, 15) is 0 Å². The fraction of sp³-hybridized carbons (Fsp3) is 0.211. The molecule has 0 spiro atoms. The Labute approximate surface area is 169 Å². The van der Waals surface area contributed by atoms with Gasteiger partial charge in [0.1, 0.15) is 12.4 Å². The quantitative estimate of drug-likeness (QED) is 0.295. The molecule has 3 rings (SSSR count). The number of tetrazole rings is 1. The van der Waals surface area contributed by atoms with Crippen LogP contribution in [0.4, 0.5) is 0 Å². The van der Waals surface area contributed by atoms with Crippen LogP contribution in [0.5, 0.6) is 5.75 Å². The summed E-state index contributed by atoms with van der Waals surface area (Å²) in [5.41, 5.74) is 2.18. The molecule has 0 radical (unpaired) electrons. The summed E-state index contributed by atoms with van der Waals surface area (Å²) in [6.45, 7) is 5.84. The molecule has 0 unspecified atom stereocenters. The molecule has 0 aliphatic heterocycles. The number of thioether (sulfide) groups is 1. The maximum absolute atomic E-state index is 5.48. The Bertz CT molecular complexity index is 810. The highest BCUT2D eigenvalue weighted by Crippen LogP contribution is 2.17. The second-order valence-electron chi connectivity index (χ2n) is 5.48. The predicted octanol–water partition coefficient (Wildman–Crippen LogP) is 0.113. The van der Waals surface area contributed by atoms with Crippen molar-refractivity contribution >= 4 is 11.8 Å². The van der Waals surface area contributed by atoms with Gasteiger partial charge in [-0.25, -0.2) is 0 Å². The third-order valence-electron chi connectivity index (χ3n) is 3.57. The summed E-state index contributed by atoms with van der Waals surface area (Å²) >= 11 is 1.63. The van der Waals surface area contributed by atoms with Crippen LogP contribution in [0.2, 0.25) is 0 Å². The molecule has 0 aliphatic carbocycles. The molecule has 2 aromatic carbocycles. The third-order valence-corrected chi connectivity index (χ3v) is 4.49. The van der Waals surface area contributed by atoms with E-state index < -0.39 is 0 Å². The van der Waals surface area contributed by atoms with Gasteiger partial charge in [0.2, 0.25) is 5.16 Å². The molecule has 0 amide bonds. The van der Waals surface area contributed by atoms with Gasteiger partial charge in [0.25, 0.3) is 0 Å². The molecular weight excluding hydrogens is 382 g/mol. The van der Waals surface area contributed by atoms with E-state index in [0.717, 1.165) is 35.4 Å². The molecule has 3 aromatic rings. The van der Waals surface area contributed by atoms with Gasteiger partial charge in [0.05, 0.1) is 5.69 Å². The molecule has 8 heteroatoms. The van der Waals surface area contributed by atoms with E-state index in [1.54, 1.807) is 22.5 Å². The van der Waals surface area contributed by atoms with E-state index in [4.69, 9.17) is 4.74 Å². The SMILES string of the molecule is C=CCOc1ccc(CNCCSc2nnnn2-c2ccccc2)cc1.[Cl-]. The summed E-state index contributed by atoms with van der Waals surface area (Å²) in [4.78, 5) is 0. The largest absolute Gasteiger partial charge is 1.00 e. The van der Waals surface area contributed by atoms with Crippen LogP contribution in [-0.4, -0.2) is 39.1 Å². The van der Waals surface area contributed by atoms with Crippen molar-refractivity contribution < 1.29 is 17.1 Å². The molecule has 1 N–H and O–H groups in total. The summed E-state index contributed by atoms with van der Waals surface area (Å²) in [7, 11) is 0. The lowest BCUT2D eigenvalue weighted by atomic mass is 10.2. The second-order valence-corrected chi connectivity index (χ2v) is 6.54. The Hall–Kier alpha value is -2.35. The molecule has 6 nitrogen and oxygen atoms in total. The average molecular weight is 403 g/mol. The zero-order valence-electron chi connectivity index (χ0n) is 14.8. The number of hydrogen-bond donors (Lipinski definition) is 1. The van der Waals surface area contributed by atoms with E-state index in [-0.39, 0.29) is 12.4 Å². The molecule has 142 valence electrons. The lowest BCUT2D eigenvalue weighted by Gasteiger charge is -2.07. The van der Waals surface area contributed by atoms with Gasteiger partial charge in [-0.3, -0.25) is 0 Å². The van der Waals surface area contributed by atoms with Gasteiger partial charge in [0.15, 0.2) is 0 Å². The van der Waals surface area contributed by atoms with Crippen LogP contribution in [0.15, 0.2) is 72.4 Å². The Kier molecular flexibility index (Phi) is 8.83. The first-order valence-electron chi connectivity index (χ1n) is 8.37. The highest BCUT2D eigenvalue weighted by atomic mass is 35.5. The van der Waals surface area contributed by atoms with Crippen molar-refractivity contribution in [2.45, 2.75) is 11.7 Å². The van der Waals surface area contributed by atoms with E-state index in [2.05, 4.69) is 39.6 Å². The van der Waals surface area contributed by atoms with Crippen LogP contribution in [-0.2, 0) is 6.54 Å². The molecule has 1 heterocycles. The minimum absolute atomic E-state index is 0. The van der Waals surface area contributed by atoms with Gasteiger partial charge < -0.3 is 22.5 Å². The third kappa shape index (κ3) is 6.39. The van der Waals surface area contributed by atoms with Crippen LogP contribution in [0, 0.1) is 0 Å². The van der Waals surface area contributed by atoms with Crippen LogP contribution in [0.1, 0.15) is 5.56 Å². The monoisotopic (exact) mass is 402 g/mol. The summed E-state index contributed by atoms with van der Waals surface area (Å²) in [5.74, 6) is 1.74. The Morgan fingerprint density at radius 1 is 1.11 bits per heavy atom. The first kappa shape index (κ1) is 21.0. The van der Waals surface area contributed by atoms with Crippen molar-refractivity contribution in [3.05, 3.63) is 72.8 Å². The predicted molar refractivity (Wildman–Crippen MR) is 104 cm³/mol. The normalized spacial score (nSPS) is 10.2. The number of ether oxygens (including phenoxy) is 1. The number of hydrogen-bond acceptors (Lipinski definition) is 6. The first-order valence-corrected chi connectivity index (χ1v) is 9.35. The van der Waals surface area contributed by atoms with E-state index in [1.165, 1.54) is 5.56 Å². The minimum atomic E-state index is 0. The van der Waals surface area contributed by atoms with Crippen molar-refractivity contribution in [2.75, 3.05) is 18.9 Å². The number of nitrogens with zero attached hydrogens (tertiary/aromatic N) is 4. The fourth-order valence-electron chi connectivity index (χ4n) is 2.31. The molecule has 0 atom stereocenters. The Morgan fingerprint density at radius 2 is 1.89 bits per heavy atom. The van der Waals surface area contributed by atoms with Gasteiger partial charge in [-0.2, -0.15) is 4.68 Å². The molecule has 0 aliphatic rings. The maximum Gasteiger partial charge on any atom is 0.214 e. The standard InChI is InChI=1S/C19H21N5OS.ClH/c1-2-13-25-18-10-8-16(9-11-18)15-20-12-14-26-19-21-22-23-24(19)17-6-4-3-5-7-17;/h2-11,20H,1,12-15H2;1H/p-1. The van der Waals surface area contributed by atoms with Crippen molar-refractivity contribution in [3.8, 4) is 11.4 Å². The fourth-order valence-corrected chi connectivity index (χ4v) is 3.09. The van der Waals surface area contributed by atoms with Gasteiger partial charge in [0, 0.05) is 18.8 Å². The number of aromatic nitrogens is 4. The molecule has 0 saturated carbocycles. The van der Waals surface area contributed by atoms with E-state index >= 15 is 0 Å². The number of rotatable bonds is 10. The molecular formula is C19H21ClN5OS-. The number of nitrogens with one attached hydrogen (secondary N) is 1. The van der Waals surface area contributed by atoms with Crippen molar-refractivity contribution in [2.24, 2.45) is 0 Å². The topological polar surface area (TPSA) is 64.9 Å². The number of para-hydroxylation sites is 1. The van der Waals surface area contributed by atoms with Crippen LogP contribution in [0.3, 0.4) is 0 Å². The first-order chi connectivity index (χ1) is 12.9. The van der Waals surface area contributed by atoms with E-state index in [0.29, 0.717) is 6.61 Å². The molecule has 1 aromatic heterocycles. The summed E-state index contributed by atoms with van der Waals surface area (Å²) < 4.78 is 7.24. The number of benzene rings is 2. The maximum atomic E-state index is 5.48. The smallest absolute Gasteiger partial charge is 0.214 e. The van der Waals surface area contributed by atoms with Crippen LogP contribution >= 0.6 is 11.8 Å². The lowest BCUT2D eigenvalue weighted by molar-refractivity contribution is -0.00000578. The summed E-state index contributed by atoms with van der Waals surface area (Å²) in [6.07, 6.45) is 1.74. The average Bonchev–Trinajstić information content (AvgIpc) is 3.16. The van der Waals surface area contributed by atoms with Gasteiger partial charge in [-0.05, 0) is 40.3 Å². The molecule has 27 heavy (non-hydrogen) atoms. The summed E-state index contributed by atoms with van der Waals surface area (Å²) in [5, 5.41) is 16.2. The van der Waals surface area contributed by atoms with Crippen molar-refractivity contribution in [1.29, 1.82) is 0 Å². The zero-order valence-corrected chi connectivity index (χ0v) is 16.4. The Morgan fingerprint density at radius 3 is 2.63 bits per heavy atom. The van der Waals surface area contributed by atoms with Crippen LogP contribution < -0.4 is 22.5 Å². The highest BCUT2D eigenvalue weighted by molar-refractivity contribution is 7.99. The number of halogens is 1. The Balaban J connectivity index is 0.00000261. The van der Waals surface area contributed by atoms with Gasteiger partial charge in [-0.15, -0.1) is 5.10 Å². The molecule has 0 saturated heterocycles. The highest BCUT2D eigenvalue weighted by Gasteiger charge is 2.07. The van der Waals surface area contributed by atoms with Gasteiger partial charge >= 0.3 is 0 Å². The zero-order chi connectivity index (χ0) is 18.0. The molecule has 0 bridgehead atoms. The minimum Gasteiger partial charge on any atom is -1.00 e. The molecule has 0 fully saturated rings. The van der Waals surface area contributed by atoms with Gasteiger partial charge in [-0.1, -0.05) is 54.7 Å². The lowest BCUT2D eigenvalue weighted by Crippen LogP contribution is -3.00. The van der Waals surface area contributed by atoms with Crippen molar-refractivity contribution in [3.63, 3.8) is 0 Å².